The van der Waals surface area contributed by atoms with Crippen LogP contribution in [0, 0.1) is 18.6 Å². The standard InChI is InChI=1S/C14H12ClF2N/c1-8-4-12(14(17)6-13(8)16)11-3-2-10(15)5-9(11)7-18/h2-6H,7,18H2,1H3. The van der Waals surface area contributed by atoms with Crippen LogP contribution in [0.3, 0.4) is 0 Å². The number of nitrogens with two attached hydrogens (primary N) is 1. The van der Waals surface area contributed by atoms with E-state index in [0.29, 0.717) is 21.7 Å². The number of rotatable bonds is 2. The Bertz CT molecular complexity index is 597. The summed E-state index contributed by atoms with van der Waals surface area (Å²) in [6, 6.07) is 7.41. The van der Waals surface area contributed by atoms with Crippen molar-refractivity contribution in [2.45, 2.75) is 13.5 Å². The van der Waals surface area contributed by atoms with E-state index in [4.69, 9.17) is 17.3 Å². The van der Waals surface area contributed by atoms with Crippen LogP contribution in [0.2, 0.25) is 5.02 Å². The molecule has 0 aliphatic carbocycles. The summed E-state index contributed by atoms with van der Waals surface area (Å²) in [7, 11) is 0. The summed E-state index contributed by atoms with van der Waals surface area (Å²) in [5.41, 5.74) is 7.72. The topological polar surface area (TPSA) is 26.0 Å². The van der Waals surface area contributed by atoms with Crippen LogP contribution >= 0.6 is 11.6 Å². The molecule has 0 heterocycles. The van der Waals surface area contributed by atoms with Gasteiger partial charge in [-0.2, -0.15) is 0 Å². The Kier molecular flexibility index (Phi) is 3.64. The van der Waals surface area contributed by atoms with Gasteiger partial charge in [0.05, 0.1) is 0 Å². The third kappa shape index (κ3) is 2.37. The van der Waals surface area contributed by atoms with Gasteiger partial charge in [-0.1, -0.05) is 17.7 Å². The average Bonchev–Trinajstić information content (AvgIpc) is 2.34. The summed E-state index contributed by atoms with van der Waals surface area (Å²) in [5, 5.41) is 0.540. The first-order valence-corrected chi connectivity index (χ1v) is 5.85. The molecule has 2 aromatic carbocycles. The lowest BCUT2D eigenvalue weighted by Gasteiger charge is -2.11. The predicted molar refractivity (Wildman–Crippen MR) is 69.4 cm³/mol. The maximum Gasteiger partial charge on any atom is 0.133 e. The Hall–Kier alpha value is -1.45. The molecule has 94 valence electrons. The lowest BCUT2D eigenvalue weighted by molar-refractivity contribution is 0.579. The first-order chi connectivity index (χ1) is 8.52. The van der Waals surface area contributed by atoms with E-state index >= 15 is 0 Å². The number of hydrogen-bond donors (Lipinski definition) is 1. The highest BCUT2D eigenvalue weighted by molar-refractivity contribution is 6.30. The summed E-state index contributed by atoms with van der Waals surface area (Å²) >= 11 is 5.87. The highest BCUT2D eigenvalue weighted by atomic mass is 35.5. The predicted octanol–water partition coefficient (Wildman–Crippen LogP) is 4.05. The number of hydrogen-bond acceptors (Lipinski definition) is 1. The van der Waals surface area contributed by atoms with E-state index in [9.17, 15) is 8.78 Å². The van der Waals surface area contributed by atoms with E-state index in [0.717, 1.165) is 11.6 Å². The molecule has 2 aromatic rings. The molecule has 0 fully saturated rings. The molecule has 0 saturated heterocycles. The molecule has 0 spiro atoms. The Morgan fingerprint density at radius 1 is 1.06 bits per heavy atom. The second kappa shape index (κ2) is 5.04. The molecule has 0 bridgehead atoms. The highest BCUT2D eigenvalue weighted by Gasteiger charge is 2.12. The summed E-state index contributed by atoms with van der Waals surface area (Å²) in [6.07, 6.45) is 0. The normalized spacial score (nSPS) is 10.7. The van der Waals surface area contributed by atoms with Crippen molar-refractivity contribution in [3.05, 3.63) is 58.1 Å². The molecule has 0 saturated carbocycles. The van der Waals surface area contributed by atoms with Crippen LogP contribution in [0.1, 0.15) is 11.1 Å². The fraction of sp³-hybridized carbons (Fsp3) is 0.143. The summed E-state index contributed by atoms with van der Waals surface area (Å²) < 4.78 is 27.1. The molecule has 0 aromatic heterocycles. The number of aryl methyl sites for hydroxylation is 1. The van der Waals surface area contributed by atoms with Crippen molar-refractivity contribution >= 4 is 11.6 Å². The molecule has 1 nitrogen and oxygen atoms in total. The van der Waals surface area contributed by atoms with Gasteiger partial charge in [0.1, 0.15) is 11.6 Å². The molecule has 4 heteroatoms. The largest absolute Gasteiger partial charge is 0.326 e. The summed E-state index contributed by atoms with van der Waals surface area (Å²) in [6.45, 7) is 1.84. The van der Waals surface area contributed by atoms with E-state index in [1.807, 2.05) is 0 Å². The van der Waals surface area contributed by atoms with Crippen LogP contribution in [0.5, 0.6) is 0 Å². The monoisotopic (exact) mass is 267 g/mol. The molecule has 0 aliphatic rings. The fourth-order valence-corrected chi connectivity index (χ4v) is 2.05. The van der Waals surface area contributed by atoms with Gasteiger partial charge >= 0.3 is 0 Å². The van der Waals surface area contributed by atoms with Crippen LogP contribution in [-0.2, 0) is 6.54 Å². The Balaban J connectivity index is 2.65. The minimum absolute atomic E-state index is 0.242. The van der Waals surface area contributed by atoms with Gasteiger partial charge in [0, 0.05) is 23.2 Å². The summed E-state index contributed by atoms with van der Waals surface area (Å²) in [5.74, 6) is -1.16. The van der Waals surface area contributed by atoms with Gasteiger partial charge in [-0.15, -0.1) is 0 Å². The Labute approximate surface area is 109 Å². The zero-order valence-corrected chi connectivity index (χ0v) is 10.6. The number of benzene rings is 2. The Morgan fingerprint density at radius 2 is 1.78 bits per heavy atom. The number of halogens is 3. The molecular weight excluding hydrogens is 256 g/mol. The van der Waals surface area contributed by atoms with Gasteiger partial charge in [-0.3, -0.25) is 0 Å². The SMILES string of the molecule is Cc1cc(-c2ccc(Cl)cc2CN)c(F)cc1F. The van der Waals surface area contributed by atoms with Crippen molar-refractivity contribution in [1.82, 2.24) is 0 Å². The van der Waals surface area contributed by atoms with Gasteiger partial charge in [-0.05, 0) is 41.8 Å². The smallest absolute Gasteiger partial charge is 0.133 e. The molecule has 0 amide bonds. The molecule has 2 N–H and O–H groups in total. The maximum atomic E-state index is 13.8. The van der Waals surface area contributed by atoms with Crippen LogP contribution in [0.15, 0.2) is 30.3 Å². The van der Waals surface area contributed by atoms with Crippen molar-refractivity contribution in [3.63, 3.8) is 0 Å². The Morgan fingerprint density at radius 3 is 2.44 bits per heavy atom. The highest BCUT2D eigenvalue weighted by Crippen LogP contribution is 2.30. The van der Waals surface area contributed by atoms with Crippen molar-refractivity contribution in [2.75, 3.05) is 0 Å². The first kappa shape index (κ1) is 13.0. The molecule has 0 atom stereocenters. The van der Waals surface area contributed by atoms with E-state index in [-0.39, 0.29) is 6.54 Å². The molecule has 0 radical (unpaired) electrons. The van der Waals surface area contributed by atoms with Gasteiger partial charge in [0.2, 0.25) is 0 Å². The molecule has 0 aliphatic heterocycles. The van der Waals surface area contributed by atoms with E-state index < -0.39 is 11.6 Å². The van der Waals surface area contributed by atoms with Gasteiger partial charge in [-0.25, -0.2) is 8.78 Å². The fourth-order valence-electron chi connectivity index (χ4n) is 1.86. The van der Waals surface area contributed by atoms with Crippen molar-refractivity contribution in [3.8, 4) is 11.1 Å². The average molecular weight is 268 g/mol. The van der Waals surface area contributed by atoms with Crippen molar-refractivity contribution < 1.29 is 8.78 Å². The van der Waals surface area contributed by atoms with Crippen molar-refractivity contribution in [2.24, 2.45) is 5.73 Å². The van der Waals surface area contributed by atoms with Crippen LogP contribution < -0.4 is 5.73 Å². The minimum atomic E-state index is -0.602. The molecule has 18 heavy (non-hydrogen) atoms. The van der Waals surface area contributed by atoms with Gasteiger partial charge in [0.15, 0.2) is 0 Å². The van der Waals surface area contributed by atoms with Crippen LogP contribution in [0.25, 0.3) is 11.1 Å². The zero-order chi connectivity index (χ0) is 13.3. The van der Waals surface area contributed by atoms with Crippen LogP contribution in [0.4, 0.5) is 8.78 Å². The van der Waals surface area contributed by atoms with E-state index in [1.165, 1.54) is 6.07 Å². The lowest BCUT2D eigenvalue weighted by Crippen LogP contribution is -2.00. The second-order valence-electron chi connectivity index (χ2n) is 4.09. The molecule has 2 rings (SSSR count). The summed E-state index contributed by atoms with van der Waals surface area (Å²) in [4.78, 5) is 0. The van der Waals surface area contributed by atoms with Crippen molar-refractivity contribution in [1.29, 1.82) is 0 Å². The van der Waals surface area contributed by atoms with E-state index in [2.05, 4.69) is 0 Å². The molecule has 0 unspecified atom stereocenters. The third-order valence-electron chi connectivity index (χ3n) is 2.83. The minimum Gasteiger partial charge on any atom is -0.326 e. The van der Waals surface area contributed by atoms with Gasteiger partial charge in [0.25, 0.3) is 0 Å². The maximum absolute atomic E-state index is 13.8. The van der Waals surface area contributed by atoms with E-state index in [1.54, 1.807) is 25.1 Å². The quantitative estimate of drug-likeness (QED) is 0.873. The molecular formula is C14H12ClF2N. The lowest BCUT2D eigenvalue weighted by atomic mass is 9.97. The zero-order valence-electron chi connectivity index (χ0n) is 9.81. The van der Waals surface area contributed by atoms with Gasteiger partial charge < -0.3 is 5.73 Å². The van der Waals surface area contributed by atoms with Crippen LogP contribution in [-0.4, -0.2) is 0 Å². The first-order valence-electron chi connectivity index (χ1n) is 5.47. The third-order valence-corrected chi connectivity index (χ3v) is 3.06. The second-order valence-corrected chi connectivity index (χ2v) is 4.52.